The first-order chi connectivity index (χ1) is 25.6. The third kappa shape index (κ3) is 7.77. The molecule has 0 bridgehead atoms. The van der Waals surface area contributed by atoms with Crippen molar-refractivity contribution in [2.24, 2.45) is 0 Å². The molecule has 288 valence electrons. The van der Waals surface area contributed by atoms with Gasteiger partial charge in [-0.3, -0.25) is 4.79 Å². The third-order valence-corrected chi connectivity index (χ3v) is 8.82. The maximum absolute atomic E-state index is 13.9. The van der Waals surface area contributed by atoms with Crippen molar-refractivity contribution in [3.05, 3.63) is 76.5 Å². The Labute approximate surface area is 304 Å². The second-order valence-electron chi connectivity index (χ2n) is 12.6. The predicted octanol–water partition coefficient (Wildman–Crippen LogP) is 0.283. The lowest BCUT2D eigenvalue weighted by Crippen LogP contribution is -2.62. The van der Waals surface area contributed by atoms with Crippen molar-refractivity contribution >= 4 is 23.0 Å². The quantitative estimate of drug-likeness (QED) is 0.0623. The van der Waals surface area contributed by atoms with Crippen LogP contribution in [0.5, 0.6) is 34.5 Å². The average molecular weight is 757 g/mol. The van der Waals surface area contributed by atoms with Gasteiger partial charge in [0.2, 0.25) is 17.5 Å². The second-order valence-corrected chi connectivity index (χ2v) is 12.6. The zero-order chi connectivity index (χ0) is 39.0. The molecule has 2 aliphatic rings. The van der Waals surface area contributed by atoms with E-state index < -0.39 is 119 Å². The average Bonchev–Trinajstić information content (AvgIpc) is 3.13. The second kappa shape index (κ2) is 15.5. The van der Waals surface area contributed by atoms with Gasteiger partial charge in [0.1, 0.15) is 64.8 Å². The Morgan fingerprint density at radius 1 is 0.759 bits per heavy atom. The summed E-state index contributed by atoms with van der Waals surface area (Å²) < 4.78 is 34.1. The molecule has 4 aromatic rings. The first kappa shape index (κ1) is 38.3. The SMILES string of the molecule is CC1OC(OCC2OC(Oc3c(-c4ccc(O)c(O)c4)oc4cc(O)cc(O)c4c3=O)C(O)C(O)C2OC(=O)/C=C/c2ccc(O)cc2)C(O)C(O)C1O. The van der Waals surface area contributed by atoms with Gasteiger partial charge in [0, 0.05) is 23.8 Å². The van der Waals surface area contributed by atoms with Gasteiger partial charge in [-0.05, 0) is 48.9 Å². The highest BCUT2D eigenvalue weighted by Gasteiger charge is 2.50. The Morgan fingerprint density at radius 2 is 1.46 bits per heavy atom. The van der Waals surface area contributed by atoms with Crippen molar-refractivity contribution in [1.82, 2.24) is 0 Å². The van der Waals surface area contributed by atoms with Crippen molar-refractivity contribution in [2.75, 3.05) is 6.61 Å². The van der Waals surface area contributed by atoms with Crippen molar-refractivity contribution < 1.29 is 84.0 Å². The van der Waals surface area contributed by atoms with Crippen LogP contribution in [0.2, 0.25) is 0 Å². The first-order valence-corrected chi connectivity index (χ1v) is 16.3. The molecule has 0 amide bonds. The molecule has 0 spiro atoms. The lowest BCUT2D eigenvalue weighted by Gasteiger charge is -2.43. The van der Waals surface area contributed by atoms with E-state index in [1.807, 2.05) is 0 Å². The van der Waals surface area contributed by atoms with Crippen LogP contribution < -0.4 is 10.2 Å². The summed E-state index contributed by atoms with van der Waals surface area (Å²) in [6, 6.07) is 10.9. The molecule has 6 rings (SSSR count). The molecular weight excluding hydrogens is 720 g/mol. The van der Waals surface area contributed by atoms with Gasteiger partial charge in [0.15, 0.2) is 29.7 Å². The fraction of sp³-hybridized carbons (Fsp3) is 0.333. The minimum absolute atomic E-state index is 0.0137. The minimum Gasteiger partial charge on any atom is -0.508 e. The van der Waals surface area contributed by atoms with E-state index in [1.54, 1.807) is 0 Å². The number of carbonyl (C=O) groups is 1. The van der Waals surface area contributed by atoms with E-state index in [0.29, 0.717) is 5.56 Å². The Bertz CT molecular complexity index is 2080. The van der Waals surface area contributed by atoms with Crippen LogP contribution in [0.25, 0.3) is 28.4 Å². The third-order valence-electron chi connectivity index (χ3n) is 8.82. The molecule has 0 radical (unpaired) electrons. The Balaban J connectivity index is 1.34. The molecule has 0 saturated carbocycles. The molecule has 18 heteroatoms. The summed E-state index contributed by atoms with van der Waals surface area (Å²) >= 11 is 0. The van der Waals surface area contributed by atoms with E-state index in [4.69, 9.17) is 28.1 Å². The summed E-state index contributed by atoms with van der Waals surface area (Å²) in [4.78, 5) is 26.8. The monoisotopic (exact) mass is 756 g/mol. The lowest BCUT2D eigenvalue weighted by atomic mass is 9.98. The highest BCUT2D eigenvalue weighted by Crippen LogP contribution is 2.39. The smallest absolute Gasteiger partial charge is 0.331 e. The van der Waals surface area contributed by atoms with Gasteiger partial charge in [-0.25, -0.2) is 4.79 Å². The topological polar surface area (TPSA) is 296 Å². The maximum Gasteiger partial charge on any atom is 0.331 e. The predicted molar refractivity (Wildman–Crippen MR) is 181 cm³/mol. The van der Waals surface area contributed by atoms with Gasteiger partial charge >= 0.3 is 5.97 Å². The van der Waals surface area contributed by atoms with Crippen LogP contribution in [0.15, 0.2) is 69.9 Å². The number of aromatic hydroxyl groups is 5. The number of ether oxygens (including phenoxy) is 5. The number of carbonyl (C=O) groups excluding carboxylic acids is 1. The van der Waals surface area contributed by atoms with E-state index in [1.165, 1.54) is 43.3 Å². The molecule has 3 heterocycles. The summed E-state index contributed by atoms with van der Waals surface area (Å²) in [5.41, 5.74) is -0.977. The zero-order valence-electron chi connectivity index (χ0n) is 28.1. The molecule has 3 aromatic carbocycles. The Hall–Kier alpha value is -5.44. The standard InChI is InChI=1S/C36H36O18/c1-14-26(43)28(45)30(47)35(50-14)49-13-23-33(53-24(42)9-4-15-2-6-17(37)7-3-15)29(46)31(48)36(52-23)54-34-27(44)25-21(41)11-18(38)12-22(25)51-32(34)16-5-8-19(39)20(40)10-16/h2-12,14,23,26,28-31,33,35-41,43,45-48H,13H2,1H3/b9-4+. The minimum atomic E-state index is -2.08. The highest BCUT2D eigenvalue weighted by atomic mass is 16.7. The van der Waals surface area contributed by atoms with Gasteiger partial charge in [-0.2, -0.15) is 0 Å². The van der Waals surface area contributed by atoms with Crippen LogP contribution in [-0.4, -0.2) is 125 Å². The largest absolute Gasteiger partial charge is 0.508 e. The van der Waals surface area contributed by atoms with Crippen molar-refractivity contribution in [2.45, 2.75) is 68.3 Å². The molecule has 0 aliphatic carbocycles. The number of hydrogen-bond donors (Lipinski definition) is 10. The number of hydrogen-bond acceptors (Lipinski definition) is 18. The molecule has 2 aliphatic heterocycles. The molecule has 10 atom stereocenters. The van der Waals surface area contributed by atoms with Crippen LogP contribution >= 0.6 is 0 Å². The van der Waals surface area contributed by atoms with E-state index in [-0.39, 0.29) is 16.9 Å². The number of aliphatic hydroxyl groups excluding tert-OH is 5. The number of aliphatic hydroxyl groups is 5. The van der Waals surface area contributed by atoms with Crippen LogP contribution in [0, 0.1) is 0 Å². The molecule has 18 nitrogen and oxygen atoms in total. The summed E-state index contributed by atoms with van der Waals surface area (Å²) in [6.45, 7) is 0.716. The van der Waals surface area contributed by atoms with Crippen LogP contribution in [-0.2, 0) is 23.7 Å². The van der Waals surface area contributed by atoms with Gasteiger partial charge in [-0.1, -0.05) is 12.1 Å². The zero-order valence-corrected chi connectivity index (χ0v) is 28.1. The molecule has 2 saturated heterocycles. The molecule has 2 fully saturated rings. The highest BCUT2D eigenvalue weighted by molar-refractivity contribution is 5.88. The number of phenols is 5. The lowest BCUT2D eigenvalue weighted by molar-refractivity contribution is -0.319. The first-order valence-electron chi connectivity index (χ1n) is 16.3. The van der Waals surface area contributed by atoms with E-state index in [0.717, 1.165) is 30.3 Å². The normalized spacial score (nSPS) is 28.6. The van der Waals surface area contributed by atoms with Crippen LogP contribution in [0.3, 0.4) is 0 Å². The Kier molecular flexibility index (Phi) is 11.0. The van der Waals surface area contributed by atoms with Crippen molar-refractivity contribution in [3.63, 3.8) is 0 Å². The van der Waals surface area contributed by atoms with Gasteiger partial charge in [0.05, 0.1) is 12.7 Å². The molecular formula is C36H36O18. The number of phenolic OH excluding ortho intramolecular Hbond substituents is 5. The fourth-order valence-electron chi connectivity index (χ4n) is 5.89. The van der Waals surface area contributed by atoms with Gasteiger partial charge in [-0.15, -0.1) is 0 Å². The molecule has 10 unspecified atom stereocenters. The van der Waals surface area contributed by atoms with E-state index in [2.05, 4.69) is 0 Å². The van der Waals surface area contributed by atoms with E-state index >= 15 is 0 Å². The fourth-order valence-corrected chi connectivity index (χ4v) is 5.89. The number of esters is 1. The van der Waals surface area contributed by atoms with E-state index in [9.17, 15) is 60.7 Å². The summed E-state index contributed by atoms with van der Waals surface area (Å²) in [7, 11) is 0. The van der Waals surface area contributed by atoms with Gasteiger partial charge in [0.25, 0.3) is 0 Å². The molecule has 10 N–H and O–H groups in total. The Morgan fingerprint density at radius 3 is 2.17 bits per heavy atom. The number of benzene rings is 3. The van der Waals surface area contributed by atoms with Crippen molar-refractivity contribution in [1.29, 1.82) is 0 Å². The summed E-state index contributed by atoms with van der Waals surface area (Å²) in [5.74, 6) is -4.59. The molecule has 1 aromatic heterocycles. The maximum atomic E-state index is 13.9. The van der Waals surface area contributed by atoms with Gasteiger partial charge < -0.3 is 79.2 Å². The summed E-state index contributed by atoms with van der Waals surface area (Å²) in [6.07, 6.45) is -14.6. The van der Waals surface area contributed by atoms with Crippen molar-refractivity contribution in [3.8, 4) is 45.8 Å². The summed E-state index contributed by atoms with van der Waals surface area (Å²) in [5, 5.41) is 103. The number of fused-ring (bicyclic) bond motifs is 1. The van der Waals surface area contributed by atoms with Crippen LogP contribution in [0.1, 0.15) is 12.5 Å². The molecule has 54 heavy (non-hydrogen) atoms. The van der Waals surface area contributed by atoms with Crippen LogP contribution in [0.4, 0.5) is 0 Å². The number of rotatable bonds is 9.